The number of hydrogen-bond donors (Lipinski definition) is 3. The number of nitrogens with one attached hydrogen (secondary N) is 1. The predicted octanol–water partition coefficient (Wildman–Crippen LogP) is 1.95. The average Bonchev–Trinajstić information content (AvgIpc) is 2.94. The Labute approximate surface area is 133 Å². The maximum absolute atomic E-state index is 8.84. The zero-order chi connectivity index (χ0) is 15.5. The summed E-state index contributed by atoms with van der Waals surface area (Å²) in [7, 11) is 0. The molecular formula is C14H23N5O2S. The number of thioether (sulfide) groups is 1. The quantitative estimate of drug-likeness (QED) is 0.531. The van der Waals surface area contributed by atoms with Crippen molar-refractivity contribution in [1.82, 2.24) is 19.7 Å². The van der Waals surface area contributed by atoms with Gasteiger partial charge in [0.25, 0.3) is 0 Å². The van der Waals surface area contributed by atoms with E-state index in [0.717, 1.165) is 47.8 Å². The van der Waals surface area contributed by atoms with Crippen molar-refractivity contribution < 1.29 is 9.84 Å². The lowest BCUT2D eigenvalue weighted by Crippen LogP contribution is -2.20. The maximum Gasteiger partial charge on any atom is 0.191 e. The minimum atomic E-state index is 0.0771. The van der Waals surface area contributed by atoms with Crippen LogP contribution < -0.4 is 5.73 Å². The number of aliphatic hydroxyl groups is 1. The van der Waals surface area contributed by atoms with E-state index in [1.807, 2.05) is 0 Å². The lowest BCUT2D eigenvalue weighted by molar-refractivity contribution is 0.0309. The fourth-order valence-electron chi connectivity index (χ4n) is 2.89. The minimum Gasteiger partial charge on any atom is -0.394 e. The Morgan fingerprint density at radius 1 is 1.45 bits per heavy atom. The number of nitrogens with two attached hydrogens (primary N) is 1. The minimum absolute atomic E-state index is 0.0771. The van der Waals surface area contributed by atoms with Crippen molar-refractivity contribution in [2.24, 2.45) is 0 Å². The second-order valence-corrected chi connectivity index (χ2v) is 6.67. The molecule has 0 saturated heterocycles. The van der Waals surface area contributed by atoms with E-state index < -0.39 is 0 Å². The third-order valence-electron chi connectivity index (χ3n) is 3.96. The molecule has 1 aliphatic carbocycles. The highest BCUT2D eigenvalue weighted by Gasteiger charge is 2.29. The molecule has 122 valence electrons. The molecule has 22 heavy (non-hydrogen) atoms. The van der Waals surface area contributed by atoms with Crippen LogP contribution in [0.5, 0.6) is 0 Å². The Kier molecular flexibility index (Phi) is 4.90. The first-order chi connectivity index (χ1) is 10.7. The van der Waals surface area contributed by atoms with E-state index in [9.17, 15) is 0 Å². The molecule has 7 nitrogen and oxygen atoms in total. The molecule has 0 aliphatic heterocycles. The fraction of sp³-hybridized carbons (Fsp3) is 0.714. The van der Waals surface area contributed by atoms with Crippen molar-refractivity contribution in [2.45, 2.75) is 49.9 Å². The number of ether oxygens (including phenoxy) is 1. The molecule has 0 radical (unpaired) electrons. The second-order valence-electron chi connectivity index (χ2n) is 5.60. The van der Waals surface area contributed by atoms with E-state index in [4.69, 9.17) is 15.6 Å². The normalized spacial score (nSPS) is 21.9. The van der Waals surface area contributed by atoms with Gasteiger partial charge in [-0.2, -0.15) is 0 Å². The van der Waals surface area contributed by atoms with E-state index in [-0.39, 0.29) is 12.7 Å². The summed E-state index contributed by atoms with van der Waals surface area (Å²) in [5.74, 6) is 1.51. The van der Waals surface area contributed by atoms with E-state index in [0.29, 0.717) is 18.5 Å². The topological polar surface area (TPSA) is 102 Å². The maximum atomic E-state index is 8.84. The zero-order valence-electron chi connectivity index (χ0n) is 12.8. The van der Waals surface area contributed by atoms with Crippen LogP contribution in [0.4, 0.5) is 5.82 Å². The van der Waals surface area contributed by atoms with E-state index >= 15 is 0 Å². The van der Waals surface area contributed by atoms with Gasteiger partial charge in [-0.05, 0) is 25.7 Å². The summed E-state index contributed by atoms with van der Waals surface area (Å²) < 4.78 is 7.71. The van der Waals surface area contributed by atoms with Crippen LogP contribution in [0, 0.1) is 0 Å². The van der Waals surface area contributed by atoms with Crippen LogP contribution in [-0.2, 0) is 4.74 Å². The SMILES string of the molecule is CCCSc1nc(N)c2[nH]n([C@H]3CC[C@@H](OCCO)C3)c2n1. The molecule has 8 heteroatoms. The second kappa shape index (κ2) is 6.89. The largest absolute Gasteiger partial charge is 0.394 e. The highest BCUT2D eigenvalue weighted by atomic mass is 32.2. The van der Waals surface area contributed by atoms with Crippen molar-refractivity contribution in [3.05, 3.63) is 0 Å². The number of aliphatic hydroxyl groups excluding tert-OH is 1. The molecule has 0 unspecified atom stereocenters. The third-order valence-corrected chi connectivity index (χ3v) is 5.01. The Hall–Kier alpha value is -1.25. The molecule has 1 fully saturated rings. The van der Waals surface area contributed by atoms with Gasteiger partial charge in [0.2, 0.25) is 0 Å². The summed E-state index contributed by atoms with van der Waals surface area (Å²) in [5, 5.41) is 12.8. The third kappa shape index (κ3) is 3.09. The molecule has 4 N–H and O–H groups in total. The monoisotopic (exact) mass is 325 g/mol. The van der Waals surface area contributed by atoms with Gasteiger partial charge in [-0.1, -0.05) is 18.7 Å². The lowest BCUT2D eigenvalue weighted by atomic mass is 10.2. The van der Waals surface area contributed by atoms with Crippen LogP contribution in [0.25, 0.3) is 11.2 Å². The first kappa shape index (κ1) is 15.6. The number of aromatic amines is 1. The van der Waals surface area contributed by atoms with Crippen LogP contribution in [0.1, 0.15) is 38.6 Å². The van der Waals surface area contributed by atoms with Gasteiger partial charge < -0.3 is 15.6 Å². The molecule has 0 spiro atoms. The fourth-order valence-corrected chi connectivity index (χ4v) is 3.59. The molecule has 0 aromatic carbocycles. The Bertz CT molecular complexity index is 626. The number of H-pyrrole nitrogens is 1. The molecular weight excluding hydrogens is 302 g/mol. The molecule has 2 aromatic heterocycles. The van der Waals surface area contributed by atoms with Crippen LogP contribution in [0.15, 0.2) is 5.16 Å². The summed E-state index contributed by atoms with van der Waals surface area (Å²) in [6.07, 6.45) is 4.30. The number of anilines is 1. The predicted molar refractivity (Wildman–Crippen MR) is 87.0 cm³/mol. The van der Waals surface area contributed by atoms with E-state index in [1.54, 1.807) is 11.8 Å². The van der Waals surface area contributed by atoms with Gasteiger partial charge in [-0.25, -0.2) is 9.97 Å². The number of nitrogen functional groups attached to an aromatic ring is 1. The van der Waals surface area contributed by atoms with Crippen molar-refractivity contribution in [2.75, 3.05) is 24.7 Å². The highest BCUT2D eigenvalue weighted by molar-refractivity contribution is 7.99. The number of fused-ring (bicyclic) bond motifs is 1. The van der Waals surface area contributed by atoms with Gasteiger partial charge in [0.15, 0.2) is 16.6 Å². The van der Waals surface area contributed by atoms with Gasteiger partial charge in [0.05, 0.1) is 25.4 Å². The highest BCUT2D eigenvalue weighted by Crippen LogP contribution is 2.35. The number of nitrogens with zero attached hydrogens (tertiary/aromatic N) is 3. The van der Waals surface area contributed by atoms with Crippen molar-refractivity contribution >= 4 is 28.7 Å². The van der Waals surface area contributed by atoms with E-state index in [1.165, 1.54) is 0 Å². The van der Waals surface area contributed by atoms with Gasteiger partial charge >= 0.3 is 0 Å². The van der Waals surface area contributed by atoms with Crippen molar-refractivity contribution in [1.29, 1.82) is 0 Å². The number of hydrogen-bond acceptors (Lipinski definition) is 6. The first-order valence-electron chi connectivity index (χ1n) is 7.81. The summed E-state index contributed by atoms with van der Waals surface area (Å²) in [6, 6.07) is 0.356. The molecule has 2 heterocycles. The molecule has 2 atom stereocenters. The lowest BCUT2D eigenvalue weighted by Gasteiger charge is -2.22. The molecule has 3 rings (SSSR count). The average molecular weight is 325 g/mol. The zero-order valence-corrected chi connectivity index (χ0v) is 13.6. The summed E-state index contributed by atoms with van der Waals surface area (Å²) in [4.78, 5) is 8.95. The molecule has 0 amide bonds. The first-order valence-corrected chi connectivity index (χ1v) is 8.80. The Morgan fingerprint density at radius 3 is 3.09 bits per heavy atom. The van der Waals surface area contributed by atoms with Gasteiger partial charge in [0.1, 0.15) is 5.52 Å². The number of rotatable bonds is 7. The smallest absolute Gasteiger partial charge is 0.191 e. The van der Waals surface area contributed by atoms with E-state index in [2.05, 4.69) is 26.7 Å². The van der Waals surface area contributed by atoms with Gasteiger partial charge in [-0.15, -0.1) is 0 Å². The van der Waals surface area contributed by atoms with Gasteiger partial charge in [-0.3, -0.25) is 9.78 Å². The Morgan fingerprint density at radius 2 is 2.32 bits per heavy atom. The van der Waals surface area contributed by atoms with Gasteiger partial charge in [0, 0.05) is 5.75 Å². The summed E-state index contributed by atoms with van der Waals surface area (Å²) in [5.41, 5.74) is 7.73. The Balaban J connectivity index is 1.73. The van der Waals surface area contributed by atoms with Crippen LogP contribution in [-0.4, -0.2) is 49.9 Å². The summed E-state index contributed by atoms with van der Waals surface area (Å²) >= 11 is 1.64. The molecule has 1 saturated carbocycles. The van der Waals surface area contributed by atoms with Crippen LogP contribution in [0.3, 0.4) is 0 Å². The molecule has 2 aromatic rings. The molecule has 0 bridgehead atoms. The summed E-state index contributed by atoms with van der Waals surface area (Å²) in [6.45, 7) is 2.62. The van der Waals surface area contributed by atoms with Crippen molar-refractivity contribution in [3.63, 3.8) is 0 Å². The standard InChI is InChI=1S/C14H23N5O2S/c1-2-7-22-14-16-12(15)11-13(17-14)19(18-11)9-3-4-10(8-9)21-6-5-20/h9-10,18,20H,2-8H2,1H3,(H2,15,16,17)/t9-,10+/m0/s1. The van der Waals surface area contributed by atoms with Crippen LogP contribution in [0.2, 0.25) is 0 Å². The van der Waals surface area contributed by atoms with Crippen molar-refractivity contribution in [3.8, 4) is 0 Å². The number of aromatic nitrogens is 4. The molecule has 1 aliphatic rings. The van der Waals surface area contributed by atoms with Crippen LogP contribution >= 0.6 is 11.8 Å².